The van der Waals surface area contributed by atoms with Crippen molar-refractivity contribution in [2.24, 2.45) is 11.1 Å². The molecule has 4 heteroatoms. The van der Waals surface area contributed by atoms with E-state index in [4.69, 9.17) is 10.5 Å². The number of aliphatic hydroxyl groups excluding tert-OH is 1. The van der Waals surface area contributed by atoms with Crippen LogP contribution < -0.4 is 5.73 Å². The Hall–Kier alpha value is 0.230. The predicted molar refractivity (Wildman–Crippen MR) is 69.7 cm³/mol. The van der Waals surface area contributed by atoms with E-state index in [9.17, 15) is 5.11 Å². The van der Waals surface area contributed by atoms with Crippen molar-refractivity contribution < 1.29 is 9.84 Å². The molecule has 1 fully saturated rings. The van der Waals surface area contributed by atoms with E-state index < -0.39 is 6.10 Å². The molecule has 0 saturated carbocycles. The standard InChI is InChI=1S/C12H25NO2S/c1-9(14)10(2)15-12(7-13)8-16-6-5-11(12,3)4/h9-10,14H,5-8,13H2,1-4H3. The van der Waals surface area contributed by atoms with Gasteiger partial charge in [-0.05, 0) is 31.4 Å². The van der Waals surface area contributed by atoms with Crippen molar-refractivity contribution in [1.29, 1.82) is 0 Å². The van der Waals surface area contributed by atoms with Crippen LogP contribution in [0.15, 0.2) is 0 Å². The van der Waals surface area contributed by atoms with E-state index in [1.807, 2.05) is 18.7 Å². The van der Waals surface area contributed by atoms with Crippen molar-refractivity contribution in [3.05, 3.63) is 0 Å². The van der Waals surface area contributed by atoms with Gasteiger partial charge in [-0.1, -0.05) is 13.8 Å². The molecule has 0 spiro atoms. The molecule has 0 bridgehead atoms. The van der Waals surface area contributed by atoms with Crippen LogP contribution in [0.25, 0.3) is 0 Å². The van der Waals surface area contributed by atoms with Crippen molar-refractivity contribution in [2.75, 3.05) is 18.1 Å². The number of rotatable bonds is 4. The largest absolute Gasteiger partial charge is 0.391 e. The molecule has 1 saturated heterocycles. The van der Waals surface area contributed by atoms with E-state index in [1.165, 1.54) is 5.75 Å². The fourth-order valence-electron chi connectivity index (χ4n) is 2.02. The molecule has 1 heterocycles. The van der Waals surface area contributed by atoms with Gasteiger partial charge < -0.3 is 15.6 Å². The number of ether oxygens (including phenoxy) is 1. The minimum atomic E-state index is -0.453. The first-order chi connectivity index (χ1) is 7.34. The second kappa shape index (κ2) is 5.25. The predicted octanol–water partition coefficient (Wildman–Crippen LogP) is 1.63. The van der Waals surface area contributed by atoms with Gasteiger partial charge in [0.1, 0.15) is 0 Å². The molecule has 1 aliphatic rings. The first-order valence-corrected chi connectivity index (χ1v) is 7.14. The zero-order valence-corrected chi connectivity index (χ0v) is 11.6. The first-order valence-electron chi connectivity index (χ1n) is 5.98. The average molecular weight is 247 g/mol. The zero-order valence-electron chi connectivity index (χ0n) is 10.8. The summed E-state index contributed by atoms with van der Waals surface area (Å²) in [4.78, 5) is 0. The molecule has 0 radical (unpaired) electrons. The molecule has 1 aliphatic heterocycles. The lowest BCUT2D eigenvalue weighted by Gasteiger charge is -2.50. The monoisotopic (exact) mass is 247 g/mol. The van der Waals surface area contributed by atoms with Crippen LogP contribution in [-0.4, -0.2) is 41.0 Å². The molecule has 0 aromatic heterocycles. The summed E-state index contributed by atoms with van der Waals surface area (Å²) in [6.07, 6.45) is 0.495. The molecule has 0 aliphatic carbocycles. The summed E-state index contributed by atoms with van der Waals surface area (Å²) in [6, 6.07) is 0. The van der Waals surface area contributed by atoms with E-state index in [2.05, 4.69) is 13.8 Å². The molecular formula is C12H25NO2S. The minimum absolute atomic E-state index is 0.0795. The van der Waals surface area contributed by atoms with Gasteiger partial charge in [-0.15, -0.1) is 0 Å². The molecule has 16 heavy (non-hydrogen) atoms. The van der Waals surface area contributed by atoms with E-state index >= 15 is 0 Å². The number of thioether (sulfide) groups is 1. The highest BCUT2D eigenvalue weighted by molar-refractivity contribution is 7.99. The second-order valence-corrected chi connectivity index (χ2v) is 6.55. The van der Waals surface area contributed by atoms with Gasteiger partial charge in [-0.2, -0.15) is 11.8 Å². The number of aliphatic hydroxyl groups is 1. The fraction of sp³-hybridized carbons (Fsp3) is 1.00. The van der Waals surface area contributed by atoms with Crippen LogP contribution in [0.5, 0.6) is 0 Å². The fourth-order valence-corrected chi connectivity index (χ4v) is 3.72. The molecule has 3 unspecified atom stereocenters. The third-order valence-corrected chi connectivity index (χ3v) is 5.02. The quantitative estimate of drug-likeness (QED) is 0.793. The Bertz CT molecular complexity index is 233. The molecule has 3 atom stereocenters. The Kier molecular flexibility index (Phi) is 4.69. The Morgan fingerprint density at radius 1 is 1.44 bits per heavy atom. The van der Waals surface area contributed by atoms with Gasteiger partial charge in [-0.3, -0.25) is 0 Å². The maximum absolute atomic E-state index is 9.56. The third kappa shape index (κ3) is 2.73. The highest BCUT2D eigenvalue weighted by Gasteiger charge is 2.48. The molecule has 0 aromatic rings. The number of hydrogen-bond donors (Lipinski definition) is 2. The van der Waals surface area contributed by atoms with Gasteiger partial charge in [-0.25, -0.2) is 0 Å². The summed E-state index contributed by atoms with van der Waals surface area (Å²) in [7, 11) is 0. The second-order valence-electron chi connectivity index (χ2n) is 5.45. The Morgan fingerprint density at radius 3 is 2.50 bits per heavy atom. The van der Waals surface area contributed by atoms with Crippen LogP contribution >= 0.6 is 11.8 Å². The average Bonchev–Trinajstić information content (AvgIpc) is 2.20. The van der Waals surface area contributed by atoms with Crippen LogP contribution in [-0.2, 0) is 4.74 Å². The molecule has 3 nitrogen and oxygen atoms in total. The summed E-state index contributed by atoms with van der Waals surface area (Å²) in [5.41, 5.74) is 5.72. The minimum Gasteiger partial charge on any atom is -0.391 e. The van der Waals surface area contributed by atoms with Crippen molar-refractivity contribution >= 4 is 11.8 Å². The highest BCUT2D eigenvalue weighted by Crippen LogP contribution is 2.44. The van der Waals surface area contributed by atoms with Crippen molar-refractivity contribution in [1.82, 2.24) is 0 Å². The smallest absolute Gasteiger partial charge is 0.0949 e. The van der Waals surface area contributed by atoms with Gasteiger partial charge in [0.2, 0.25) is 0 Å². The van der Waals surface area contributed by atoms with E-state index in [0.29, 0.717) is 6.54 Å². The van der Waals surface area contributed by atoms with Crippen LogP contribution in [0.2, 0.25) is 0 Å². The summed E-state index contributed by atoms with van der Waals surface area (Å²) in [6.45, 7) is 8.63. The van der Waals surface area contributed by atoms with Gasteiger partial charge in [0.05, 0.1) is 17.8 Å². The Labute approximate surface area is 103 Å². The SMILES string of the molecule is CC(O)C(C)OC1(CN)CSCCC1(C)C. The topological polar surface area (TPSA) is 55.5 Å². The summed E-state index contributed by atoms with van der Waals surface area (Å²) in [5, 5.41) is 9.56. The van der Waals surface area contributed by atoms with E-state index in [-0.39, 0.29) is 17.1 Å². The Balaban J connectivity index is 2.82. The van der Waals surface area contributed by atoms with Crippen LogP contribution in [0.4, 0.5) is 0 Å². The summed E-state index contributed by atoms with van der Waals surface area (Å²) < 4.78 is 6.11. The maximum atomic E-state index is 9.56. The van der Waals surface area contributed by atoms with Gasteiger partial charge >= 0.3 is 0 Å². The Morgan fingerprint density at radius 2 is 2.06 bits per heavy atom. The third-order valence-electron chi connectivity index (χ3n) is 3.86. The molecule has 0 aromatic carbocycles. The van der Waals surface area contributed by atoms with Crippen LogP contribution in [0.1, 0.15) is 34.1 Å². The number of nitrogens with two attached hydrogens (primary N) is 1. The maximum Gasteiger partial charge on any atom is 0.0949 e. The molecule has 1 rings (SSSR count). The van der Waals surface area contributed by atoms with Gasteiger partial charge in [0.25, 0.3) is 0 Å². The van der Waals surface area contributed by atoms with Gasteiger partial charge in [0.15, 0.2) is 0 Å². The lowest BCUT2D eigenvalue weighted by Crippen LogP contribution is -2.59. The highest BCUT2D eigenvalue weighted by atomic mass is 32.2. The van der Waals surface area contributed by atoms with E-state index in [1.54, 1.807) is 6.92 Å². The molecule has 0 amide bonds. The van der Waals surface area contributed by atoms with E-state index in [0.717, 1.165) is 12.2 Å². The van der Waals surface area contributed by atoms with Crippen molar-refractivity contribution in [2.45, 2.75) is 51.9 Å². The zero-order chi connectivity index (χ0) is 12.4. The van der Waals surface area contributed by atoms with Crippen molar-refractivity contribution in [3.63, 3.8) is 0 Å². The molecule has 96 valence electrons. The summed E-state index contributed by atoms with van der Waals surface area (Å²) in [5.74, 6) is 2.09. The van der Waals surface area contributed by atoms with Crippen LogP contribution in [0.3, 0.4) is 0 Å². The normalized spacial score (nSPS) is 33.4. The lowest BCUT2D eigenvalue weighted by atomic mass is 9.73. The van der Waals surface area contributed by atoms with Crippen molar-refractivity contribution in [3.8, 4) is 0 Å². The molecular weight excluding hydrogens is 222 g/mol. The number of hydrogen-bond acceptors (Lipinski definition) is 4. The van der Waals surface area contributed by atoms with Gasteiger partial charge in [0, 0.05) is 12.3 Å². The van der Waals surface area contributed by atoms with Crippen LogP contribution in [0, 0.1) is 5.41 Å². The molecule has 3 N–H and O–H groups in total. The first kappa shape index (κ1) is 14.3. The lowest BCUT2D eigenvalue weighted by molar-refractivity contribution is -0.161. The summed E-state index contributed by atoms with van der Waals surface area (Å²) >= 11 is 1.90.